The molecule has 36 heavy (non-hydrogen) atoms. The SMILES string of the molecule is C=CCN1CC[C@]23c4c5ccc(O)c4O[C@H]2[C@@H](N(CCCCC)Cc2ccccc2)CC[C@@]3(O)[C@H]1C5. The van der Waals surface area contributed by atoms with Gasteiger partial charge in [0.1, 0.15) is 6.10 Å². The van der Waals surface area contributed by atoms with Gasteiger partial charge in [-0.15, -0.1) is 6.58 Å². The molecule has 2 aromatic rings. The molecule has 2 aliphatic carbocycles. The Kier molecular flexibility index (Phi) is 6.14. The summed E-state index contributed by atoms with van der Waals surface area (Å²) in [4.78, 5) is 5.04. The van der Waals surface area contributed by atoms with Crippen molar-refractivity contribution >= 4 is 0 Å². The van der Waals surface area contributed by atoms with Crippen molar-refractivity contribution in [2.24, 2.45) is 0 Å². The lowest BCUT2D eigenvalue weighted by Gasteiger charge is -2.64. The Bertz CT molecular complexity index is 1120. The van der Waals surface area contributed by atoms with Gasteiger partial charge in [0.2, 0.25) is 0 Å². The zero-order valence-corrected chi connectivity index (χ0v) is 21.5. The highest BCUT2D eigenvalue weighted by Gasteiger charge is 2.73. The third-order valence-electron chi connectivity index (χ3n) is 9.65. The quantitative estimate of drug-likeness (QED) is 0.393. The fourth-order valence-corrected chi connectivity index (χ4v) is 8.11. The molecule has 1 saturated carbocycles. The standard InChI is InChI=1S/C31H40N2O3/c1-3-5-9-18-33(21-22-10-7-6-8-11-22)24-14-15-31(35)26-20-23-12-13-25(34)28-27(23)30(31,29(24)36-28)16-19-32(26)17-4-2/h4,6-8,10-13,24,26,29,34-35H,2-3,5,9,14-21H2,1H3/t24-,26+,29-,30-,31+/m0/s1. The van der Waals surface area contributed by atoms with Crippen LogP contribution in [0.1, 0.15) is 62.1 Å². The summed E-state index contributed by atoms with van der Waals surface area (Å²) in [5, 5.41) is 23.6. The number of piperidine rings is 1. The summed E-state index contributed by atoms with van der Waals surface area (Å²) in [6.07, 6.45) is 8.63. The fourth-order valence-electron chi connectivity index (χ4n) is 8.11. The maximum atomic E-state index is 12.6. The number of ether oxygens (including phenoxy) is 1. The number of unbranched alkanes of at least 4 members (excludes halogenated alkanes) is 2. The molecule has 2 aromatic carbocycles. The molecule has 2 fully saturated rings. The smallest absolute Gasteiger partial charge is 0.165 e. The van der Waals surface area contributed by atoms with E-state index in [1.807, 2.05) is 6.08 Å². The molecule has 5 heteroatoms. The average molecular weight is 489 g/mol. The van der Waals surface area contributed by atoms with Crippen LogP contribution in [0.4, 0.5) is 0 Å². The number of aliphatic hydroxyl groups is 1. The van der Waals surface area contributed by atoms with Crippen LogP contribution < -0.4 is 4.74 Å². The number of hydrogen-bond acceptors (Lipinski definition) is 5. The van der Waals surface area contributed by atoms with Crippen LogP contribution in [0.2, 0.25) is 0 Å². The van der Waals surface area contributed by atoms with Crippen molar-refractivity contribution in [2.75, 3.05) is 19.6 Å². The number of nitrogens with zero attached hydrogens (tertiary/aromatic N) is 2. The van der Waals surface area contributed by atoms with Gasteiger partial charge in [-0.1, -0.05) is 62.2 Å². The first kappa shape index (κ1) is 24.0. The van der Waals surface area contributed by atoms with Crippen LogP contribution in [0, 0.1) is 0 Å². The maximum Gasteiger partial charge on any atom is 0.165 e. The van der Waals surface area contributed by atoms with Crippen LogP contribution in [0.5, 0.6) is 11.5 Å². The lowest BCUT2D eigenvalue weighted by molar-refractivity contribution is -0.199. The summed E-state index contributed by atoms with van der Waals surface area (Å²) in [6.45, 7) is 9.84. The molecule has 0 radical (unpaired) electrons. The number of likely N-dealkylation sites (tertiary alicyclic amines) is 1. The molecule has 0 amide bonds. The van der Waals surface area contributed by atoms with Crippen molar-refractivity contribution in [3.63, 3.8) is 0 Å². The highest BCUT2D eigenvalue weighted by Crippen LogP contribution is 2.65. The molecule has 1 spiro atoms. The largest absolute Gasteiger partial charge is 0.504 e. The molecular formula is C31H40N2O3. The van der Waals surface area contributed by atoms with Crippen molar-refractivity contribution in [2.45, 2.75) is 87.6 Å². The molecular weight excluding hydrogens is 448 g/mol. The summed E-state index contributed by atoms with van der Waals surface area (Å²) < 4.78 is 6.82. The highest BCUT2D eigenvalue weighted by atomic mass is 16.5. The molecule has 0 unspecified atom stereocenters. The number of phenols is 1. The molecule has 2 heterocycles. The molecule has 1 saturated heterocycles. The van der Waals surface area contributed by atoms with Gasteiger partial charge in [0.25, 0.3) is 0 Å². The molecule has 5 atom stereocenters. The Morgan fingerprint density at radius 2 is 2.00 bits per heavy atom. The Labute approximate surface area is 215 Å². The summed E-state index contributed by atoms with van der Waals surface area (Å²) >= 11 is 0. The van der Waals surface area contributed by atoms with E-state index in [2.05, 4.69) is 59.7 Å². The predicted molar refractivity (Wildman–Crippen MR) is 142 cm³/mol. The van der Waals surface area contributed by atoms with E-state index < -0.39 is 11.0 Å². The second-order valence-electron chi connectivity index (χ2n) is 11.4. The average Bonchev–Trinajstić information content (AvgIpc) is 3.23. The van der Waals surface area contributed by atoms with Gasteiger partial charge < -0.3 is 14.9 Å². The lowest BCUT2D eigenvalue weighted by Crippen LogP contribution is -2.78. The van der Waals surface area contributed by atoms with Gasteiger partial charge >= 0.3 is 0 Å². The van der Waals surface area contributed by atoms with Crippen LogP contribution in [-0.2, 0) is 18.4 Å². The summed E-state index contributed by atoms with van der Waals surface area (Å²) in [5.74, 6) is 0.845. The van der Waals surface area contributed by atoms with Gasteiger partial charge in [-0.05, 0) is 62.4 Å². The van der Waals surface area contributed by atoms with Gasteiger partial charge in [0.05, 0.1) is 11.0 Å². The van der Waals surface area contributed by atoms with Crippen LogP contribution in [-0.4, -0.2) is 63.4 Å². The Morgan fingerprint density at radius 3 is 2.78 bits per heavy atom. The van der Waals surface area contributed by atoms with Crippen LogP contribution in [0.3, 0.4) is 0 Å². The summed E-state index contributed by atoms with van der Waals surface area (Å²) in [7, 11) is 0. The number of hydrogen-bond donors (Lipinski definition) is 2. The van der Waals surface area contributed by atoms with Crippen molar-refractivity contribution in [3.8, 4) is 11.5 Å². The number of benzene rings is 2. The molecule has 2 aliphatic heterocycles. The Hall–Kier alpha value is -2.34. The van der Waals surface area contributed by atoms with E-state index in [0.717, 1.165) is 63.8 Å². The zero-order valence-electron chi connectivity index (χ0n) is 21.5. The maximum absolute atomic E-state index is 12.6. The van der Waals surface area contributed by atoms with Gasteiger partial charge in [0.15, 0.2) is 11.5 Å². The Balaban J connectivity index is 1.43. The third kappa shape index (κ3) is 3.39. The molecule has 2 bridgehead atoms. The second kappa shape index (κ2) is 9.20. The third-order valence-corrected chi connectivity index (χ3v) is 9.65. The monoisotopic (exact) mass is 488 g/mol. The van der Waals surface area contributed by atoms with Crippen LogP contribution >= 0.6 is 0 Å². The number of phenolic OH excluding ortho intramolecular Hbond substituents is 1. The fraction of sp³-hybridized carbons (Fsp3) is 0.548. The molecule has 4 aliphatic rings. The van der Waals surface area contributed by atoms with Gasteiger partial charge in [-0.3, -0.25) is 9.80 Å². The van der Waals surface area contributed by atoms with E-state index in [4.69, 9.17) is 4.74 Å². The normalized spacial score (nSPS) is 32.2. The van der Waals surface area contributed by atoms with E-state index >= 15 is 0 Å². The van der Waals surface area contributed by atoms with E-state index in [1.54, 1.807) is 6.07 Å². The first-order valence-electron chi connectivity index (χ1n) is 13.9. The highest BCUT2D eigenvalue weighted by molar-refractivity contribution is 5.62. The number of rotatable bonds is 9. The van der Waals surface area contributed by atoms with Crippen LogP contribution in [0.15, 0.2) is 55.1 Å². The lowest BCUT2D eigenvalue weighted by atomic mass is 9.48. The van der Waals surface area contributed by atoms with Crippen LogP contribution in [0.25, 0.3) is 0 Å². The van der Waals surface area contributed by atoms with Gasteiger partial charge in [0, 0.05) is 30.7 Å². The van der Waals surface area contributed by atoms with Gasteiger partial charge in [-0.25, -0.2) is 0 Å². The summed E-state index contributed by atoms with van der Waals surface area (Å²) in [5.41, 5.74) is 2.29. The minimum Gasteiger partial charge on any atom is -0.504 e. The molecule has 2 N–H and O–H groups in total. The molecule has 5 nitrogen and oxygen atoms in total. The minimum atomic E-state index is -0.872. The van der Waals surface area contributed by atoms with E-state index in [-0.39, 0.29) is 23.9 Å². The van der Waals surface area contributed by atoms with Crippen molar-refractivity contribution < 1.29 is 14.9 Å². The molecule has 192 valence electrons. The minimum absolute atomic E-state index is 0.0435. The summed E-state index contributed by atoms with van der Waals surface area (Å²) in [6, 6.07) is 14.8. The zero-order chi connectivity index (χ0) is 24.9. The van der Waals surface area contributed by atoms with Crippen molar-refractivity contribution in [1.29, 1.82) is 0 Å². The van der Waals surface area contributed by atoms with Crippen molar-refractivity contribution in [1.82, 2.24) is 9.80 Å². The topological polar surface area (TPSA) is 56.2 Å². The first-order chi connectivity index (χ1) is 17.5. The van der Waals surface area contributed by atoms with E-state index in [1.165, 1.54) is 24.0 Å². The molecule has 6 rings (SSSR count). The second-order valence-corrected chi connectivity index (χ2v) is 11.4. The Morgan fingerprint density at radius 1 is 1.17 bits per heavy atom. The van der Waals surface area contributed by atoms with Gasteiger partial charge in [-0.2, -0.15) is 0 Å². The van der Waals surface area contributed by atoms with E-state index in [9.17, 15) is 10.2 Å². The number of aromatic hydroxyl groups is 1. The first-order valence-corrected chi connectivity index (χ1v) is 13.9. The van der Waals surface area contributed by atoms with E-state index in [0.29, 0.717) is 5.75 Å². The molecule has 0 aromatic heterocycles. The van der Waals surface area contributed by atoms with Crippen molar-refractivity contribution in [3.05, 3.63) is 71.8 Å². The predicted octanol–water partition coefficient (Wildman–Crippen LogP) is 4.79.